The molecule has 0 saturated carbocycles. The Balaban J connectivity index is 1.94. The molecule has 0 atom stereocenters. The van der Waals surface area contributed by atoms with Crippen molar-refractivity contribution in [3.63, 3.8) is 0 Å². The Labute approximate surface area is 160 Å². The van der Waals surface area contributed by atoms with Crippen molar-refractivity contribution in [1.29, 1.82) is 0 Å². The van der Waals surface area contributed by atoms with Crippen molar-refractivity contribution in [3.05, 3.63) is 58.1 Å². The van der Waals surface area contributed by atoms with E-state index in [1.54, 1.807) is 7.05 Å². The zero-order valence-electron chi connectivity index (χ0n) is 16.7. The molecule has 1 aromatic heterocycles. The Morgan fingerprint density at radius 2 is 1.07 bits per heavy atom. The van der Waals surface area contributed by atoms with Crippen molar-refractivity contribution < 1.29 is 0 Å². The lowest BCUT2D eigenvalue weighted by Gasteiger charge is -2.14. The van der Waals surface area contributed by atoms with E-state index >= 15 is 0 Å². The maximum atomic E-state index is 4.55. The molecular formula is C21H26N6. The summed E-state index contributed by atoms with van der Waals surface area (Å²) in [5.74, 6) is 1.49. The number of hydrogen-bond donors (Lipinski definition) is 3. The molecule has 3 N–H and O–H groups in total. The van der Waals surface area contributed by atoms with Crippen LogP contribution in [0.5, 0.6) is 0 Å². The van der Waals surface area contributed by atoms with Crippen LogP contribution in [0.1, 0.15) is 27.8 Å². The molecule has 0 amide bonds. The minimum Gasteiger partial charge on any atom is -0.357 e. The molecule has 3 rings (SSSR count). The lowest BCUT2D eigenvalue weighted by molar-refractivity contribution is 1.05. The quantitative estimate of drug-likeness (QED) is 0.597. The second-order valence-electron chi connectivity index (χ2n) is 6.96. The summed E-state index contributed by atoms with van der Waals surface area (Å²) in [6.45, 7) is 10.4. The van der Waals surface area contributed by atoms with Crippen molar-refractivity contribution in [2.75, 3.05) is 23.0 Å². The van der Waals surface area contributed by atoms with E-state index in [9.17, 15) is 0 Å². The molecule has 3 aromatic rings. The van der Waals surface area contributed by atoms with Gasteiger partial charge in [-0.15, -0.1) is 0 Å². The van der Waals surface area contributed by atoms with Crippen molar-refractivity contribution in [1.82, 2.24) is 15.0 Å². The van der Waals surface area contributed by atoms with Crippen LogP contribution in [0.3, 0.4) is 0 Å². The zero-order valence-corrected chi connectivity index (χ0v) is 16.7. The minimum atomic E-state index is 0.490. The van der Waals surface area contributed by atoms with Gasteiger partial charge in [0.1, 0.15) is 0 Å². The van der Waals surface area contributed by atoms with Gasteiger partial charge in [-0.1, -0.05) is 23.8 Å². The van der Waals surface area contributed by atoms with E-state index in [1.165, 1.54) is 16.7 Å². The number of anilines is 5. The van der Waals surface area contributed by atoms with Gasteiger partial charge < -0.3 is 16.0 Å². The second kappa shape index (κ2) is 7.61. The molecule has 140 valence electrons. The topological polar surface area (TPSA) is 74.8 Å². The minimum absolute atomic E-state index is 0.490. The average Bonchev–Trinajstić information content (AvgIpc) is 2.57. The normalized spacial score (nSPS) is 10.6. The molecule has 1 heterocycles. The van der Waals surface area contributed by atoms with Crippen LogP contribution in [0.2, 0.25) is 0 Å². The summed E-state index contributed by atoms with van der Waals surface area (Å²) in [6, 6.07) is 10.6. The summed E-state index contributed by atoms with van der Waals surface area (Å²) in [5, 5.41) is 9.63. The zero-order chi connectivity index (χ0) is 19.6. The maximum Gasteiger partial charge on any atom is 0.233 e. The molecule has 0 fully saturated rings. The number of aromatic nitrogens is 3. The van der Waals surface area contributed by atoms with E-state index in [1.807, 2.05) is 0 Å². The van der Waals surface area contributed by atoms with Crippen LogP contribution in [0, 0.1) is 34.6 Å². The number of benzene rings is 2. The van der Waals surface area contributed by atoms with Crippen LogP contribution in [-0.4, -0.2) is 22.0 Å². The Bertz CT molecular complexity index is 937. The maximum absolute atomic E-state index is 4.55. The third-order valence-corrected chi connectivity index (χ3v) is 4.25. The smallest absolute Gasteiger partial charge is 0.233 e. The molecule has 0 aliphatic heterocycles. The van der Waals surface area contributed by atoms with Crippen LogP contribution >= 0.6 is 0 Å². The Kier molecular flexibility index (Phi) is 5.26. The van der Waals surface area contributed by atoms with Gasteiger partial charge in [0.25, 0.3) is 0 Å². The summed E-state index contributed by atoms with van der Waals surface area (Å²) >= 11 is 0. The van der Waals surface area contributed by atoms with E-state index in [2.05, 4.69) is 95.9 Å². The number of nitrogens with one attached hydrogen (secondary N) is 3. The Hall–Kier alpha value is -3.15. The number of rotatable bonds is 5. The second-order valence-corrected chi connectivity index (χ2v) is 6.96. The average molecular weight is 362 g/mol. The van der Waals surface area contributed by atoms with E-state index in [0.29, 0.717) is 17.8 Å². The Morgan fingerprint density at radius 1 is 0.593 bits per heavy atom. The summed E-state index contributed by atoms with van der Waals surface area (Å²) in [5.41, 5.74) is 7.89. The molecule has 0 aliphatic rings. The third kappa shape index (κ3) is 4.53. The molecule has 6 nitrogen and oxygen atoms in total. The van der Waals surface area contributed by atoms with Gasteiger partial charge in [-0.05, 0) is 69.0 Å². The highest BCUT2D eigenvalue weighted by Gasteiger charge is 2.10. The molecule has 2 aromatic carbocycles. The van der Waals surface area contributed by atoms with Crippen LogP contribution in [-0.2, 0) is 0 Å². The monoisotopic (exact) mass is 362 g/mol. The lowest BCUT2D eigenvalue weighted by atomic mass is 10.1. The molecule has 0 aliphatic carbocycles. The van der Waals surface area contributed by atoms with E-state index in [-0.39, 0.29) is 0 Å². The molecule has 0 bridgehead atoms. The van der Waals surface area contributed by atoms with Crippen LogP contribution in [0.4, 0.5) is 29.2 Å². The predicted octanol–water partition coefficient (Wildman–Crippen LogP) is 4.94. The van der Waals surface area contributed by atoms with Gasteiger partial charge in [-0.2, -0.15) is 15.0 Å². The highest BCUT2D eigenvalue weighted by atomic mass is 15.3. The van der Waals surface area contributed by atoms with Gasteiger partial charge in [-0.3, -0.25) is 0 Å². The van der Waals surface area contributed by atoms with Gasteiger partial charge in [-0.25, -0.2) is 0 Å². The molecule has 0 saturated heterocycles. The lowest BCUT2D eigenvalue weighted by Crippen LogP contribution is -2.08. The van der Waals surface area contributed by atoms with Gasteiger partial charge in [0.15, 0.2) is 0 Å². The standard InChI is InChI=1S/C21H26N6/c1-12-7-13(2)11-17(10-12)23-20-25-19(22-6)26-21(27-20)24-18-15(4)8-14(3)9-16(18)5/h7-11H,1-6H3,(H3,22,23,24,25,26,27). The first-order valence-corrected chi connectivity index (χ1v) is 8.98. The third-order valence-electron chi connectivity index (χ3n) is 4.25. The molecule has 0 spiro atoms. The van der Waals surface area contributed by atoms with Crippen molar-refractivity contribution in [2.24, 2.45) is 0 Å². The highest BCUT2D eigenvalue weighted by molar-refractivity contribution is 5.65. The van der Waals surface area contributed by atoms with Gasteiger partial charge in [0.2, 0.25) is 17.8 Å². The van der Waals surface area contributed by atoms with Gasteiger partial charge in [0.05, 0.1) is 0 Å². The fourth-order valence-corrected chi connectivity index (χ4v) is 3.26. The SMILES string of the molecule is CNc1nc(Nc2cc(C)cc(C)c2)nc(Nc2c(C)cc(C)cc2C)n1. The summed E-state index contributed by atoms with van der Waals surface area (Å²) in [7, 11) is 1.79. The number of aryl methyl sites for hydroxylation is 5. The number of nitrogens with zero attached hydrogens (tertiary/aromatic N) is 3. The fraction of sp³-hybridized carbons (Fsp3) is 0.286. The number of hydrogen-bond acceptors (Lipinski definition) is 6. The van der Waals surface area contributed by atoms with E-state index in [0.717, 1.165) is 22.5 Å². The highest BCUT2D eigenvalue weighted by Crippen LogP contribution is 2.26. The first-order chi connectivity index (χ1) is 12.8. The predicted molar refractivity (Wildman–Crippen MR) is 113 cm³/mol. The van der Waals surface area contributed by atoms with Crippen molar-refractivity contribution in [2.45, 2.75) is 34.6 Å². The first kappa shape index (κ1) is 18.6. The molecule has 0 radical (unpaired) electrons. The van der Waals surface area contributed by atoms with Gasteiger partial charge >= 0.3 is 0 Å². The van der Waals surface area contributed by atoms with Crippen molar-refractivity contribution in [3.8, 4) is 0 Å². The molecule has 27 heavy (non-hydrogen) atoms. The molecule has 0 unspecified atom stereocenters. The van der Waals surface area contributed by atoms with Crippen molar-refractivity contribution >= 4 is 29.2 Å². The first-order valence-electron chi connectivity index (χ1n) is 8.98. The summed E-state index contributed by atoms with van der Waals surface area (Å²) in [6.07, 6.45) is 0. The van der Waals surface area contributed by atoms with Crippen LogP contribution in [0.25, 0.3) is 0 Å². The summed E-state index contributed by atoms with van der Waals surface area (Å²) in [4.78, 5) is 13.4. The van der Waals surface area contributed by atoms with E-state index < -0.39 is 0 Å². The van der Waals surface area contributed by atoms with Crippen LogP contribution < -0.4 is 16.0 Å². The van der Waals surface area contributed by atoms with E-state index in [4.69, 9.17) is 0 Å². The van der Waals surface area contributed by atoms with Crippen LogP contribution in [0.15, 0.2) is 30.3 Å². The van der Waals surface area contributed by atoms with Gasteiger partial charge in [0, 0.05) is 18.4 Å². The Morgan fingerprint density at radius 3 is 1.63 bits per heavy atom. The fourth-order valence-electron chi connectivity index (χ4n) is 3.26. The molecular weight excluding hydrogens is 336 g/mol. The molecule has 6 heteroatoms. The largest absolute Gasteiger partial charge is 0.357 e. The summed E-state index contributed by atoms with van der Waals surface area (Å²) < 4.78 is 0.